The number of halogens is 4. The molecule has 0 aliphatic carbocycles. The number of hydrogen-bond donors (Lipinski definition) is 1. The smallest absolute Gasteiger partial charge is 0.345 e. The third-order valence-electron chi connectivity index (χ3n) is 9.11. The third kappa shape index (κ3) is 6.87. The van der Waals surface area contributed by atoms with Gasteiger partial charge in [0, 0.05) is 29.9 Å². The second-order valence-corrected chi connectivity index (χ2v) is 12.1. The second kappa shape index (κ2) is 13.2. The fraction of sp³-hybridized carbons (Fsp3) is 0.400. The van der Waals surface area contributed by atoms with E-state index in [1.165, 1.54) is 25.3 Å². The Morgan fingerprint density at radius 2 is 1.71 bits per heavy atom. The molecule has 2 saturated heterocycles. The van der Waals surface area contributed by atoms with Crippen LogP contribution in [0.3, 0.4) is 0 Å². The van der Waals surface area contributed by atoms with Gasteiger partial charge in [-0.3, -0.25) is 14.7 Å². The SMILES string of the molecule is C[C@H](NC(=O)c1c(CN2CCC(N3CCCCC3)CC2)c(-c2ccc(F)c(C(F)(F)F)c2)nc2cccnc12)c1ccccc1. The fourth-order valence-electron chi connectivity index (χ4n) is 6.70. The first-order chi connectivity index (χ1) is 21.7. The van der Waals surface area contributed by atoms with Crippen LogP contribution in [0.5, 0.6) is 0 Å². The van der Waals surface area contributed by atoms with Crippen LogP contribution in [0.2, 0.25) is 0 Å². The highest BCUT2D eigenvalue weighted by atomic mass is 19.4. The molecule has 10 heteroatoms. The van der Waals surface area contributed by atoms with Gasteiger partial charge in [0.1, 0.15) is 11.3 Å². The minimum Gasteiger partial charge on any atom is -0.345 e. The molecule has 4 heterocycles. The Balaban J connectivity index is 1.42. The summed E-state index contributed by atoms with van der Waals surface area (Å²) in [7, 11) is 0. The highest BCUT2D eigenvalue weighted by molar-refractivity contribution is 6.07. The predicted octanol–water partition coefficient (Wildman–Crippen LogP) is 7.40. The predicted molar refractivity (Wildman–Crippen MR) is 166 cm³/mol. The van der Waals surface area contributed by atoms with Gasteiger partial charge in [-0.05, 0) is 94.7 Å². The van der Waals surface area contributed by atoms with Crippen molar-refractivity contribution < 1.29 is 22.4 Å². The minimum atomic E-state index is -4.89. The first kappa shape index (κ1) is 31.1. The maximum Gasteiger partial charge on any atom is 0.419 e. The Hall–Kier alpha value is -3.89. The summed E-state index contributed by atoms with van der Waals surface area (Å²) in [4.78, 5) is 28.3. The number of nitrogens with zero attached hydrogens (tertiary/aromatic N) is 4. The molecular weight excluding hydrogens is 582 g/mol. The minimum absolute atomic E-state index is 0.0952. The second-order valence-electron chi connectivity index (χ2n) is 12.1. The van der Waals surface area contributed by atoms with Crippen LogP contribution >= 0.6 is 0 Å². The third-order valence-corrected chi connectivity index (χ3v) is 9.11. The zero-order valence-electron chi connectivity index (χ0n) is 25.3. The molecule has 45 heavy (non-hydrogen) atoms. The average Bonchev–Trinajstić information content (AvgIpc) is 3.05. The van der Waals surface area contributed by atoms with Crippen LogP contribution in [0.1, 0.15) is 72.1 Å². The van der Waals surface area contributed by atoms with Gasteiger partial charge in [-0.25, -0.2) is 9.37 Å². The lowest BCUT2D eigenvalue weighted by Gasteiger charge is -2.40. The van der Waals surface area contributed by atoms with E-state index in [1.807, 2.05) is 37.3 Å². The van der Waals surface area contributed by atoms with Crippen molar-refractivity contribution in [3.63, 3.8) is 0 Å². The Bertz CT molecular complexity index is 1650. The number of piperidine rings is 2. The number of hydrogen-bond acceptors (Lipinski definition) is 5. The van der Waals surface area contributed by atoms with Gasteiger partial charge in [0.15, 0.2) is 0 Å². The molecule has 2 aromatic heterocycles. The normalized spacial score (nSPS) is 17.8. The number of carbonyl (C=O) groups is 1. The van der Waals surface area contributed by atoms with E-state index in [0.29, 0.717) is 29.2 Å². The van der Waals surface area contributed by atoms with Crippen molar-refractivity contribution in [2.75, 3.05) is 26.2 Å². The maximum atomic E-state index is 14.4. The summed E-state index contributed by atoms with van der Waals surface area (Å²) in [6.45, 7) is 5.96. The number of carbonyl (C=O) groups excluding carboxylic acids is 1. The highest BCUT2D eigenvalue weighted by Gasteiger charge is 2.35. The molecule has 4 aromatic rings. The monoisotopic (exact) mass is 619 g/mol. The molecule has 6 nitrogen and oxygen atoms in total. The van der Waals surface area contributed by atoms with Gasteiger partial charge in [-0.1, -0.05) is 36.8 Å². The maximum absolute atomic E-state index is 14.4. The number of likely N-dealkylation sites (tertiary alicyclic amines) is 2. The summed E-state index contributed by atoms with van der Waals surface area (Å²) < 4.78 is 55.9. The van der Waals surface area contributed by atoms with Crippen LogP contribution in [0.4, 0.5) is 17.6 Å². The summed E-state index contributed by atoms with van der Waals surface area (Å²) in [6, 6.07) is 16.0. The Morgan fingerprint density at radius 3 is 2.42 bits per heavy atom. The van der Waals surface area contributed by atoms with Crippen molar-refractivity contribution >= 4 is 16.9 Å². The van der Waals surface area contributed by atoms with E-state index in [4.69, 9.17) is 4.98 Å². The van der Waals surface area contributed by atoms with E-state index in [-0.39, 0.29) is 22.9 Å². The standard InChI is InChI=1S/C35H37F4N5O/c1-23(24-9-4-2-5-10-24)41-34(45)31-27(22-43-19-14-26(15-20-43)44-17-6-3-7-18-44)32(42-30-11-8-16-40-33(30)31)25-12-13-29(36)28(21-25)35(37,38)39/h2,4-5,8-13,16,21,23,26H,3,6-7,14-15,17-20,22H2,1H3,(H,41,45)/t23-/m0/s1. The van der Waals surface area contributed by atoms with Crippen molar-refractivity contribution in [3.8, 4) is 11.3 Å². The van der Waals surface area contributed by atoms with E-state index >= 15 is 0 Å². The van der Waals surface area contributed by atoms with Crippen molar-refractivity contribution in [1.29, 1.82) is 0 Å². The van der Waals surface area contributed by atoms with E-state index in [1.54, 1.807) is 18.3 Å². The molecule has 2 aliphatic heterocycles. The number of fused-ring (bicyclic) bond motifs is 1. The van der Waals surface area contributed by atoms with Crippen LogP contribution in [0.15, 0.2) is 66.9 Å². The topological polar surface area (TPSA) is 61.4 Å². The lowest BCUT2D eigenvalue weighted by atomic mass is 9.94. The van der Waals surface area contributed by atoms with Crippen molar-refractivity contribution in [3.05, 3.63) is 94.9 Å². The average molecular weight is 620 g/mol. The van der Waals surface area contributed by atoms with Crippen LogP contribution < -0.4 is 5.32 Å². The van der Waals surface area contributed by atoms with Gasteiger partial charge in [0.05, 0.1) is 28.4 Å². The zero-order valence-corrected chi connectivity index (χ0v) is 25.3. The molecule has 1 amide bonds. The zero-order chi connectivity index (χ0) is 31.6. The molecule has 236 valence electrons. The van der Waals surface area contributed by atoms with Crippen LogP contribution in [-0.4, -0.2) is 57.9 Å². The van der Waals surface area contributed by atoms with Crippen LogP contribution in [-0.2, 0) is 12.7 Å². The van der Waals surface area contributed by atoms with Crippen molar-refractivity contribution in [2.45, 2.75) is 63.8 Å². The lowest BCUT2D eigenvalue weighted by Crippen LogP contribution is -2.46. The Morgan fingerprint density at radius 1 is 0.978 bits per heavy atom. The molecule has 6 rings (SSSR count). The summed E-state index contributed by atoms with van der Waals surface area (Å²) in [5, 5.41) is 3.08. The van der Waals surface area contributed by atoms with E-state index in [2.05, 4.69) is 20.1 Å². The van der Waals surface area contributed by atoms with Gasteiger partial charge in [0.2, 0.25) is 0 Å². The Labute approximate surface area is 260 Å². The van der Waals surface area contributed by atoms with Crippen molar-refractivity contribution in [1.82, 2.24) is 25.1 Å². The summed E-state index contributed by atoms with van der Waals surface area (Å²) in [5.41, 5.74) is 1.35. The van der Waals surface area contributed by atoms with Crippen LogP contribution in [0.25, 0.3) is 22.3 Å². The quantitative estimate of drug-likeness (QED) is 0.219. The molecule has 1 N–H and O–H groups in total. The van der Waals surface area contributed by atoms with Gasteiger partial charge in [-0.2, -0.15) is 13.2 Å². The van der Waals surface area contributed by atoms with Gasteiger partial charge in [0.25, 0.3) is 5.91 Å². The van der Waals surface area contributed by atoms with Crippen molar-refractivity contribution in [2.24, 2.45) is 0 Å². The number of alkyl halides is 3. The molecule has 1 atom stereocenters. The molecule has 0 unspecified atom stereocenters. The number of nitrogens with one attached hydrogen (secondary N) is 1. The molecule has 2 aliphatic rings. The fourth-order valence-corrected chi connectivity index (χ4v) is 6.70. The van der Waals surface area contributed by atoms with Gasteiger partial charge >= 0.3 is 6.18 Å². The molecule has 0 saturated carbocycles. The number of amides is 1. The molecule has 2 fully saturated rings. The lowest BCUT2D eigenvalue weighted by molar-refractivity contribution is -0.139. The number of benzene rings is 2. The molecule has 0 bridgehead atoms. The molecule has 0 radical (unpaired) electrons. The van der Waals surface area contributed by atoms with Crippen LogP contribution in [0, 0.1) is 5.82 Å². The first-order valence-corrected chi connectivity index (χ1v) is 15.7. The van der Waals surface area contributed by atoms with E-state index in [9.17, 15) is 22.4 Å². The Kier molecular flexibility index (Phi) is 9.14. The summed E-state index contributed by atoms with van der Waals surface area (Å²) in [5.74, 6) is -1.75. The molecular formula is C35H37F4N5O. The number of rotatable bonds is 7. The number of pyridine rings is 2. The van der Waals surface area contributed by atoms with Gasteiger partial charge < -0.3 is 10.2 Å². The highest BCUT2D eigenvalue weighted by Crippen LogP contribution is 2.37. The molecule has 0 spiro atoms. The number of aromatic nitrogens is 2. The van der Waals surface area contributed by atoms with E-state index < -0.39 is 23.5 Å². The van der Waals surface area contributed by atoms with E-state index in [0.717, 1.165) is 56.7 Å². The molecule has 2 aromatic carbocycles. The summed E-state index contributed by atoms with van der Waals surface area (Å²) >= 11 is 0. The largest absolute Gasteiger partial charge is 0.419 e. The first-order valence-electron chi connectivity index (χ1n) is 15.7. The summed E-state index contributed by atoms with van der Waals surface area (Å²) in [6.07, 6.45) is 2.34. The van der Waals surface area contributed by atoms with Gasteiger partial charge in [-0.15, -0.1) is 0 Å².